The van der Waals surface area contributed by atoms with Gasteiger partial charge in [-0.15, -0.1) is 0 Å². The summed E-state index contributed by atoms with van der Waals surface area (Å²) in [5, 5.41) is 27.5. The Balaban J connectivity index is 1.79. The molecule has 8 nitrogen and oxygen atoms in total. The van der Waals surface area contributed by atoms with Crippen LogP contribution in [0, 0.1) is 10.1 Å². The Hall–Kier alpha value is -3.91. The first kappa shape index (κ1) is 22.8. The Kier molecular flexibility index (Phi) is 7.77. The van der Waals surface area contributed by atoms with Gasteiger partial charge in [-0.3, -0.25) is 10.1 Å². The molecule has 0 atom stereocenters. The number of benzene rings is 3. The molecule has 0 unspecified atom stereocenters. The van der Waals surface area contributed by atoms with E-state index in [1.165, 1.54) is 12.1 Å². The van der Waals surface area contributed by atoms with Crippen molar-refractivity contribution in [1.29, 1.82) is 0 Å². The molecule has 0 saturated heterocycles. The molecule has 0 amide bonds. The molecule has 0 bridgehead atoms. The molecule has 2 N–H and O–H groups in total. The second kappa shape index (κ2) is 10.9. The predicted octanol–water partition coefficient (Wildman–Crippen LogP) is 4.17. The van der Waals surface area contributed by atoms with Crippen LogP contribution >= 0.6 is 0 Å². The van der Waals surface area contributed by atoms with Gasteiger partial charge >= 0.3 is 0 Å². The van der Waals surface area contributed by atoms with Gasteiger partial charge in [0, 0.05) is 29.8 Å². The third-order valence-corrected chi connectivity index (χ3v) is 5.06. The van der Waals surface area contributed by atoms with Crippen molar-refractivity contribution in [2.24, 2.45) is 5.16 Å². The number of ether oxygens (including phenoxy) is 2. The maximum Gasteiger partial charge on any atom is 0.269 e. The van der Waals surface area contributed by atoms with Gasteiger partial charge in [0.2, 0.25) is 0 Å². The number of non-ortho nitro benzene ring substituents is 1. The zero-order valence-corrected chi connectivity index (χ0v) is 17.9. The average molecular weight is 435 g/mol. The monoisotopic (exact) mass is 435 g/mol. The number of hydrogen-bond donors (Lipinski definition) is 2. The summed E-state index contributed by atoms with van der Waals surface area (Å²) in [5.41, 5.74) is 3.91. The Morgan fingerprint density at radius 1 is 1.03 bits per heavy atom. The number of rotatable bonds is 10. The van der Waals surface area contributed by atoms with Gasteiger partial charge in [0.15, 0.2) is 11.5 Å². The third-order valence-electron chi connectivity index (χ3n) is 5.06. The summed E-state index contributed by atoms with van der Waals surface area (Å²) in [4.78, 5) is 10.4. The number of oxime groups is 1. The topological polar surface area (TPSA) is 106 Å². The van der Waals surface area contributed by atoms with Crippen molar-refractivity contribution in [1.82, 2.24) is 5.32 Å². The van der Waals surface area contributed by atoms with Crippen molar-refractivity contribution in [2.45, 2.75) is 13.0 Å². The maximum absolute atomic E-state index is 10.8. The molecular formula is C24H25N3O5. The van der Waals surface area contributed by atoms with Crippen LogP contribution < -0.4 is 14.8 Å². The molecule has 0 fully saturated rings. The summed E-state index contributed by atoms with van der Waals surface area (Å²) in [6, 6.07) is 19.6. The van der Waals surface area contributed by atoms with E-state index in [9.17, 15) is 15.3 Å². The molecule has 0 aliphatic rings. The average Bonchev–Trinajstić information content (AvgIpc) is 2.83. The van der Waals surface area contributed by atoms with E-state index in [2.05, 4.69) is 10.5 Å². The van der Waals surface area contributed by atoms with Crippen LogP contribution in [0.25, 0.3) is 0 Å². The molecule has 3 aromatic rings. The zero-order chi connectivity index (χ0) is 22.9. The molecule has 0 aromatic heterocycles. The maximum atomic E-state index is 10.8. The van der Waals surface area contributed by atoms with Crippen molar-refractivity contribution in [2.75, 3.05) is 20.8 Å². The molecule has 32 heavy (non-hydrogen) atoms. The summed E-state index contributed by atoms with van der Waals surface area (Å²) in [5.74, 6) is 1.13. The first-order valence-electron chi connectivity index (χ1n) is 10.0. The van der Waals surface area contributed by atoms with Crippen LogP contribution in [0.3, 0.4) is 0 Å². The highest BCUT2D eigenvalue weighted by molar-refractivity contribution is 6.13. The summed E-state index contributed by atoms with van der Waals surface area (Å²) in [6.07, 6.45) is 0.633. The lowest BCUT2D eigenvalue weighted by atomic mass is 9.95. The Morgan fingerprint density at radius 2 is 1.69 bits per heavy atom. The van der Waals surface area contributed by atoms with E-state index in [-0.39, 0.29) is 5.69 Å². The van der Waals surface area contributed by atoms with Crippen LogP contribution in [0.5, 0.6) is 11.5 Å². The SMILES string of the molecule is COc1cc(CCNCc2ccc([N+](=O)[O-])cc2)c(/C(=N\O)c2ccccc2)cc1OC. The molecule has 166 valence electrons. The first-order valence-corrected chi connectivity index (χ1v) is 10.0. The minimum Gasteiger partial charge on any atom is -0.493 e. The molecule has 0 aliphatic carbocycles. The van der Waals surface area contributed by atoms with E-state index in [1.807, 2.05) is 42.5 Å². The van der Waals surface area contributed by atoms with Crippen molar-refractivity contribution < 1.29 is 19.6 Å². The van der Waals surface area contributed by atoms with Crippen LogP contribution in [0.4, 0.5) is 5.69 Å². The molecule has 8 heteroatoms. The minimum absolute atomic E-state index is 0.0699. The standard InChI is InChI=1S/C24H25N3O5/c1-31-22-14-19(12-13-25-16-17-8-10-20(11-9-17)27(29)30)21(15-23(22)32-2)24(26-28)18-6-4-3-5-7-18/h3-11,14-15,25,28H,12-13,16H2,1-2H3/b26-24-. The van der Waals surface area contributed by atoms with E-state index in [0.29, 0.717) is 36.7 Å². The number of nitrogens with one attached hydrogen (secondary N) is 1. The number of nitro benzene ring substituents is 1. The molecule has 0 heterocycles. The van der Waals surface area contributed by atoms with Gasteiger partial charge in [0.1, 0.15) is 5.71 Å². The van der Waals surface area contributed by atoms with Gasteiger partial charge in [-0.25, -0.2) is 0 Å². The number of nitrogens with zero attached hydrogens (tertiary/aromatic N) is 2. The Bertz CT molecular complexity index is 1080. The summed E-state index contributed by atoms with van der Waals surface area (Å²) in [7, 11) is 3.14. The molecule has 3 aromatic carbocycles. The number of methoxy groups -OCH3 is 2. The highest BCUT2D eigenvalue weighted by atomic mass is 16.6. The minimum atomic E-state index is -0.414. The van der Waals surface area contributed by atoms with E-state index in [1.54, 1.807) is 26.4 Å². The van der Waals surface area contributed by atoms with Gasteiger partial charge in [-0.2, -0.15) is 0 Å². The fourth-order valence-electron chi connectivity index (χ4n) is 3.40. The smallest absolute Gasteiger partial charge is 0.269 e. The fourth-order valence-corrected chi connectivity index (χ4v) is 3.40. The zero-order valence-electron chi connectivity index (χ0n) is 17.9. The van der Waals surface area contributed by atoms with Gasteiger partial charge in [-0.05, 0) is 36.2 Å². The quantitative estimate of drug-likeness (QED) is 0.163. The summed E-state index contributed by atoms with van der Waals surface area (Å²) >= 11 is 0. The largest absolute Gasteiger partial charge is 0.493 e. The lowest BCUT2D eigenvalue weighted by Crippen LogP contribution is -2.18. The normalized spacial score (nSPS) is 11.2. The lowest BCUT2D eigenvalue weighted by molar-refractivity contribution is -0.384. The molecule has 3 rings (SSSR count). The summed E-state index contributed by atoms with van der Waals surface area (Å²) < 4.78 is 10.9. The Labute approximate surface area is 186 Å². The van der Waals surface area contributed by atoms with Gasteiger partial charge in [-0.1, -0.05) is 47.6 Å². The fraction of sp³-hybridized carbons (Fsp3) is 0.208. The predicted molar refractivity (Wildman–Crippen MR) is 122 cm³/mol. The highest BCUT2D eigenvalue weighted by Gasteiger charge is 2.17. The van der Waals surface area contributed by atoms with Crippen molar-refractivity contribution in [3.8, 4) is 11.5 Å². The van der Waals surface area contributed by atoms with Gasteiger partial charge in [0.25, 0.3) is 5.69 Å². The Morgan fingerprint density at radius 3 is 2.28 bits per heavy atom. The van der Waals surface area contributed by atoms with Crippen LogP contribution in [0.15, 0.2) is 71.9 Å². The highest BCUT2D eigenvalue weighted by Crippen LogP contribution is 2.32. The van der Waals surface area contributed by atoms with Crippen LogP contribution in [-0.2, 0) is 13.0 Å². The van der Waals surface area contributed by atoms with Crippen molar-refractivity contribution in [3.05, 3.63) is 99.1 Å². The van der Waals surface area contributed by atoms with Crippen LogP contribution in [-0.4, -0.2) is 36.6 Å². The summed E-state index contributed by atoms with van der Waals surface area (Å²) in [6.45, 7) is 1.20. The van der Waals surface area contributed by atoms with E-state index in [0.717, 1.165) is 22.3 Å². The second-order valence-electron chi connectivity index (χ2n) is 7.03. The molecule has 0 radical (unpaired) electrons. The molecule has 0 saturated carbocycles. The van der Waals surface area contributed by atoms with Gasteiger partial charge in [0.05, 0.1) is 19.1 Å². The lowest BCUT2D eigenvalue weighted by Gasteiger charge is -2.16. The third kappa shape index (κ3) is 5.41. The van der Waals surface area contributed by atoms with E-state index >= 15 is 0 Å². The van der Waals surface area contributed by atoms with E-state index < -0.39 is 4.92 Å². The number of hydrogen-bond acceptors (Lipinski definition) is 7. The number of nitro groups is 1. The van der Waals surface area contributed by atoms with Crippen molar-refractivity contribution >= 4 is 11.4 Å². The van der Waals surface area contributed by atoms with E-state index in [4.69, 9.17) is 9.47 Å². The van der Waals surface area contributed by atoms with Crippen molar-refractivity contribution in [3.63, 3.8) is 0 Å². The molecular weight excluding hydrogens is 410 g/mol. The first-order chi connectivity index (χ1) is 15.6. The second-order valence-corrected chi connectivity index (χ2v) is 7.03. The molecule has 0 spiro atoms. The molecule has 0 aliphatic heterocycles. The van der Waals surface area contributed by atoms with Crippen LogP contribution in [0.1, 0.15) is 22.3 Å². The van der Waals surface area contributed by atoms with Crippen LogP contribution in [0.2, 0.25) is 0 Å². The van der Waals surface area contributed by atoms with Gasteiger partial charge < -0.3 is 20.0 Å².